The van der Waals surface area contributed by atoms with E-state index < -0.39 is 0 Å². The van der Waals surface area contributed by atoms with Gasteiger partial charge in [-0.1, -0.05) is 0 Å². The Morgan fingerprint density at radius 2 is 2.07 bits per heavy atom. The fraction of sp³-hybridized carbons (Fsp3) is 0.300. The summed E-state index contributed by atoms with van der Waals surface area (Å²) in [5, 5.41) is 3.06. The van der Waals surface area contributed by atoms with E-state index in [-0.39, 0.29) is 11.3 Å². The van der Waals surface area contributed by atoms with Crippen LogP contribution in [-0.2, 0) is 4.79 Å². The molecule has 0 radical (unpaired) electrons. The lowest BCUT2D eigenvalue weighted by atomic mass is 10.3. The van der Waals surface area contributed by atoms with Crippen molar-refractivity contribution < 1.29 is 9.53 Å². The number of carbonyl (C=O) groups excluding carboxylic acids is 1. The summed E-state index contributed by atoms with van der Waals surface area (Å²) in [6, 6.07) is 7.83. The Hall–Kier alpha value is -1.16. The number of amides is 1. The van der Waals surface area contributed by atoms with Crippen molar-refractivity contribution in [2.45, 2.75) is 16.7 Å². The van der Waals surface area contributed by atoms with Crippen LogP contribution in [0.1, 0.15) is 6.42 Å². The summed E-state index contributed by atoms with van der Waals surface area (Å²) < 4.78 is 5.05. The largest absolute Gasteiger partial charge is 0.497 e. The number of rotatable bonds is 3. The van der Waals surface area contributed by atoms with Gasteiger partial charge in [-0.2, -0.15) is 0 Å². The van der Waals surface area contributed by atoms with Crippen molar-refractivity contribution in [3.05, 3.63) is 24.3 Å². The van der Waals surface area contributed by atoms with E-state index >= 15 is 0 Å². The Labute approximate surface area is 86.8 Å². The number of hydrogen-bond donors (Lipinski definition) is 1. The lowest BCUT2D eigenvalue weighted by Gasteiger charge is -2.25. The van der Waals surface area contributed by atoms with Gasteiger partial charge in [-0.05, 0) is 24.3 Å². The molecule has 1 aliphatic heterocycles. The molecule has 1 aromatic rings. The van der Waals surface area contributed by atoms with Crippen molar-refractivity contribution in [1.82, 2.24) is 5.32 Å². The van der Waals surface area contributed by atoms with E-state index in [1.807, 2.05) is 24.3 Å². The van der Waals surface area contributed by atoms with Gasteiger partial charge in [-0.25, -0.2) is 0 Å². The summed E-state index contributed by atoms with van der Waals surface area (Å²) in [6.45, 7) is 0. The highest BCUT2D eigenvalue weighted by molar-refractivity contribution is 8.00. The number of carbonyl (C=O) groups is 1. The lowest BCUT2D eigenvalue weighted by Crippen LogP contribution is -2.46. The van der Waals surface area contributed by atoms with Crippen molar-refractivity contribution in [2.75, 3.05) is 7.11 Å². The normalized spacial score (nSPS) is 19.8. The van der Waals surface area contributed by atoms with E-state index in [0.29, 0.717) is 6.42 Å². The van der Waals surface area contributed by atoms with E-state index in [1.165, 1.54) is 0 Å². The summed E-state index contributed by atoms with van der Waals surface area (Å²) in [4.78, 5) is 11.8. The highest BCUT2D eigenvalue weighted by Gasteiger charge is 2.25. The number of β-lactam (4-membered cyclic amide) rings is 1. The van der Waals surface area contributed by atoms with E-state index in [2.05, 4.69) is 5.32 Å². The average Bonchev–Trinajstić information content (AvgIpc) is 2.17. The van der Waals surface area contributed by atoms with E-state index in [0.717, 1.165) is 10.6 Å². The molecule has 1 unspecified atom stereocenters. The number of nitrogens with one attached hydrogen (secondary N) is 1. The zero-order chi connectivity index (χ0) is 9.97. The Kier molecular flexibility index (Phi) is 2.63. The number of thioether (sulfide) groups is 1. The topological polar surface area (TPSA) is 38.3 Å². The van der Waals surface area contributed by atoms with E-state index in [4.69, 9.17) is 4.74 Å². The lowest BCUT2D eigenvalue weighted by molar-refractivity contribution is -0.126. The van der Waals surface area contributed by atoms with Crippen molar-refractivity contribution in [1.29, 1.82) is 0 Å². The average molecular weight is 209 g/mol. The fourth-order valence-electron chi connectivity index (χ4n) is 1.22. The first-order chi connectivity index (χ1) is 6.78. The molecule has 2 rings (SSSR count). The SMILES string of the molecule is COc1ccc(SC2CC(=O)N2)cc1. The highest BCUT2D eigenvalue weighted by Crippen LogP contribution is 2.28. The summed E-state index contributed by atoms with van der Waals surface area (Å²) in [7, 11) is 1.65. The highest BCUT2D eigenvalue weighted by atomic mass is 32.2. The molecule has 1 heterocycles. The molecule has 0 saturated carbocycles. The van der Waals surface area contributed by atoms with Gasteiger partial charge < -0.3 is 10.1 Å². The van der Waals surface area contributed by atoms with Crippen LogP contribution in [0.2, 0.25) is 0 Å². The second-order valence-electron chi connectivity index (χ2n) is 3.05. The monoisotopic (exact) mass is 209 g/mol. The summed E-state index contributed by atoms with van der Waals surface area (Å²) in [5.74, 6) is 0.989. The van der Waals surface area contributed by atoms with Gasteiger partial charge in [0.25, 0.3) is 0 Å². The molecule has 74 valence electrons. The van der Waals surface area contributed by atoms with Gasteiger partial charge in [0.15, 0.2) is 0 Å². The maximum absolute atomic E-state index is 10.7. The Morgan fingerprint density at radius 3 is 2.57 bits per heavy atom. The zero-order valence-electron chi connectivity index (χ0n) is 7.82. The molecule has 1 aromatic carbocycles. The minimum absolute atomic E-state index is 0.135. The fourth-order valence-corrected chi connectivity index (χ4v) is 2.26. The van der Waals surface area contributed by atoms with Gasteiger partial charge in [0.2, 0.25) is 5.91 Å². The smallest absolute Gasteiger partial charge is 0.223 e. The zero-order valence-corrected chi connectivity index (χ0v) is 8.64. The maximum atomic E-state index is 10.7. The molecule has 3 nitrogen and oxygen atoms in total. The minimum Gasteiger partial charge on any atom is -0.497 e. The molecule has 0 spiro atoms. The molecule has 1 amide bonds. The van der Waals surface area contributed by atoms with E-state index in [9.17, 15) is 4.79 Å². The van der Waals surface area contributed by atoms with Crippen LogP contribution < -0.4 is 10.1 Å². The van der Waals surface area contributed by atoms with Gasteiger partial charge in [-0.3, -0.25) is 4.79 Å². The summed E-state index contributed by atoms with van der Waals surface area (Å²) in [5.41, 5.74) is 0. The molecule has 1 fully saturated rings. The van der Waals surface area contributed by atoms with Crippen LogP contribution in [0.3, 0.4) is 0 Å². The van der Waals surface area contributed by atoms with Crippen molar-refractivity contribution in [3.8, 4) is 5.75 Å². The molecule has 1 saturated heterocycles. The molecular weight excluding hydrogens is 198 g/mol. The molecular formula is C10H11NO2S. The predicted molar refractivity (Wildman–Crippen MR) is 55.4 cm³/mol. The maximum Gasteiger partial charge on any atom is 0.223 e. The van der Waals surface area contributed by atoms with Gasteiger partial charge in [0.05, 0.1) is 18.9 Å². The van der Waals surface area contributed by atoms with Crippen molar-refractivity contribution in [3.63, 3.8) is 0 Å². The third-order valence-electron chi connectivity index (χ3n) is 2.03. The first-order valence-electron chi connectivity index (χ1n) is 4.38. The Morgan fingerprint density at radius 1 is 1.43 bits per heavy atom. The first-order valence-corrected chi connectivity index (χ1v) is 5.26. The van der Waals surface area contributed by atoms with Crippen LogP contribution in [0, 0.1) is 0 Å². The van der Waals surface area contributed by atoms with Crippen LogP contribution in [0.4, 0.5) is 0 Å². The van der Waals surface area contributed by atoms with Gasteiger partial charge in [-0.15, -0.1) is 11.8 Å². The van der Waals surface area contributed by atoms with Crippen LogP contribution >= 0.6 is 11.8 Å². The van der Waals surface area contributed by atoms with Crippen LogP contribution in [0.5, 0.6) is 5.75 Å². The Bertz CT molecular complexity index is 328. The van der Waals surface area contributed by atoms with Crippen LogP contribution in [0.15, 0.2) is 29.2 Å². The molecule has 1 aliphatic rings. The van der Waals surface area contributed by atoms with Crippen molar-refractivity contribution in [2.24, 2.45) is 0 Å². The molecule has 0 aromatic heterocycles. The van der Waals surface area contributed by atoms with Gasteiger partial charge in [0.1, 0.15) is 5.75 Å². The molecule has 1 N–H and O–H groups in total. The molecule has 0 aliphatic carbocycles. The van der Waals surface area contributed by atoms with Gasteiger partial charge >= 0.3 is 0 Å². The number of ether oxygens (including phenoxy) is 1. The number of hydrogen-bond acceptors (Lipinski definition) is 3. The minimum atomic E-state index is 0.135. The van der Waals surface area contributed by atoms with Gasteiger partial charge in [0, 0.05) is 4.90 Å². The quantitative estimate of drug-likeness (QED) is 0.769. The molecule has 1 atom stereocenters. The molecule has 14 heavy (non-hydrogen) atoms. The molecule has 0 bridgehead atoms. The van der Waals surface area contributed by atoms with Crippen LogP contribution in [-0.4, -0.2) is 18.4 Å². The van der Waals surface area contributed by atoms with E-state index in [1.54, 1.807) is 18.9 Å². The molecule has 4 heteroatoms. The van der Waals surface area contributed by atoms with Crippen LogP contribution in [0.25, 0.3) is 0 Å². The number of benzene rings is 1. The number of methoxy groups -OCH3 is 1. The summed E-state index contributed by atoms with van der Waals surface area (Å²) >= 11 is 1.67. The second-order valence-corrected chi connectivity index (χ2v) is 4.33. The standard InChI is InChI=1S/C10H11NO2S/c1-13-7-2-4-8(5-3-7)14-10-6-9(12)11-10/h2-5,10H,6H2,1H3,(H,11,12). The third kappa shape index (κ3) is 2.01. The summed E-state index contributed by atoms with van der Waals surface area (Å²) in [6.07, 6.45) is 0.622. The van der Waals surface area contributed by atoms with Crippen molar-refractivity contribution >= 4 is 17.7 Å². The third-order valence-corrected chi connectivity index (χ3v) is 3.14. The second kappa shape index (κ2) is 3.92. The first kappa shape index (κ1) is 9.40. The Balaban J connectivity index is 1.93. The predicted octanol–water partition coefficient (Wildman–Crippen LogP) is 1.63.